The van der Waals surface area contributed by atoms with Crippen LogP contribution in [0, 0.1) is 11.3 Å². The molecule has 0 amide bonds. The zero-order valence-corrected chi connectivity index (χ0v) is 10.4. The SMILES string of the molecule is COC(=O)CCC(CCCl)C(C)(C)C. The van der Waals surface area contributed by atoms with Crippen LogP contribution in [-0.2, 0) is 9.53 Å². The van der Waals surface area contributed by atoms with Crippen molar-refractivity contribution >= 4 is 17.6 Å². The molecule has 2 nitrogen and oxygen atoms in total. The lowest BCUT2D eigenvalue weighted by atomic mass is 9.76. The zero-order chi connectivity index (χ0) is 11.2. The van der Waals surface area contributed by atoms with E-state index in [-0.39, 0.29) is 11.4 Å². The summed E-state index contributed by atoms with van der Waals surface area (Å²) in [5, 5.41) is 0. The second kappa shape index (κ2) is 6.28. The number of carbonyl (C=O) groups is 1. The van der Waals surface area contributed by atoms with E-state index in [0.29, 0.717) is 18.2 Å². The van der Waals surface area contributed by atoms with Gasteiger partial charge in [0.15, 0.2) is 0 Å². The minimum atomic E-state index is -0.131. The molecular formula is C11H21ClO2. The summed E-state index contributed by atoms with van der Waals surface area (Å²) in [6.45, 7) is 6.55. The van der Waals surface area contributed by atoms with Crippen molar-refractivity contribution in [3.8, 4) is 0 Å². The van der Waals surface area contributed by atoms with Crippen LogP contribution in [0.15, 0.2) is 0 Å². The number of esters is 1. The first kappa shape index (κ1) is 13.8. The van der Waals surface area contributed by atoms with Crippen LogP contribution in [0.4, 0.5) is 0 Å². The summed E-state index contributed by atoms with van der Waals surface area (Å²) in [6, 6.07) is 0. The van der Waals surface area contributed by atoms with Crippen LogP contribution in [0.25, 0.3) is 0 Å². The normalized spacial score (nSPS) is 13.8. The van der Waals surface area contributed by atoms with Gasteiger partial charge in [-0.1, -0.05) is 20.8 Å². The lowest BCUT2D eigenvalue weighted by molar-refractivity contribution is -0.141. The van der Waals surface area contributed by atoms with E-state index < -0.39 is 0 Å². The van der Waals surface area contributed by atoms with Gasteiger partial charge < -0.3 is 4.74 Å². The molecule has 0 bridgehead atoms. The number of rotatable bonds is 5. The largest absolute Gasteiger partial charge is 0.469 e. The number of hydrogen-bond acceptors (Lipinski definition) is 2. The first-order chi connectivity index (χ1) is 6.41. The van der Waals surface area contributed by atoms with Crippen LogP contribution in [-0.4, -0.2) is 19.0 Å². The predicted molar refractivity (Wildman–Crippen MR) is 59.5 cm³/mol. The molecule has 1 atom stereocenters. The number of halogens is 1. The molecule has 84 valence electrons. The maximum absolute atomic E-state index is 11.0. The minimum absolute atomic E-state index is 0.131. The number of hydrogen-bond donors (Lipinski definition) is 0. The highest BCUT2D eigenvalue weighted by molar-refractivity contribution is 6.17. The monoisotopic (exact) mass is 220 g/mol. The molecule has 1 unspecified atom stereocenters. The van der Waals surface area contributed by atoms with Gasteiger partial charge in [0, 0.05) is 12.3 Å². The van der Waals surface area contributed by atoms with Crippen LogP contribution in [0.5, 0.6) is 0 Å². The van der Waals surface area contributed by atoms with E-state index in [1.165, 1.54) is 7.11 Å². The highest BCUT2D eigenvalue weighted by Crippen LogP contribution is 2.32. The molecule has 14 heavy (non-hydrogen) atoms. The predicted octanol–water partition coefficient (Wildman–Crippen LogP) is 3.23. The third-order valence-corrected chi connectivity index (χ3v) is 2.83. The number of carbonyl (C=O) groups excluding carboxylic acids is 1. The Morgan fingerprint density at radius 3 is 2.29 bits per heavy atom. The van der Waals surface area contributed by atoms with Crippen molar-refractivity contribution in [3.63, 3.8) is 0 Å². The molecule has 0 rings (SSSR count). The summed E-state index contributed by atoms with van der Waals surface area (Å²) in [5.74, 6) is 1.01. The summed E-state index contributed by atoms with van der Waals surface area (Å²) in [7, 11) is 1.43. The molecule has 0 aromatic carbocycles. The van der Waals surface area contributed by atoms with Gasteiger partial charge in [0.05, 0.1) is 7.11 Å². The van der Waals surface area contributed by atoms with Gasteiger partial charge in [-0.15, -0.1) is 11.6 Å². The van der Waals surface area contributed by atoms with Gasteiger partial charge in [0.1, 0.15) is 0 Å². The fourth-order valence-corrected chi connectivity index (χ4v) is 1.80. The van der Waals surface area contributed by atoms with Crippen molar-refractivity contribution in [2.24, 2.45) is 11.3 Å². The van der Waals surface area contributed by atoms with E-state index in [4.69, 9.17) is 11.6 Å². The first-order valence-electron chi connectivity index (χ1n) is 5.04. The Labute approximate surface area is 92.0 Å². The quantitative estimate of drug-likeness (QED) is 0.525. The summed E-state index contributed by atoms with van der Waals surface area (Å²) >= 11 is 5.74. The molecule has 0 aliphatic rings. The van der Waals surface area contributed by atoms with E-state index in [1.807, 2.05) is 0 Å². The van der Waals surface area contributed by atoms with Crippen LogP contribution >= 0.6 is 11.6 Å². The van der Waals surface area contributed by atoms with Gasteiger partial charge in [-0.05, 0) is 24.2 Å². The van der Waals surface area contributed by atoms with E-state index >= 15 is 0 Å². The fourth-order valence-electron chi connectivity index (χ4n) is 1.54. The number of alkyl halides is 1. The standard InChI is InChI=1S/C11H21ClO2/c1-11(2,3)9(7-8-12)5-6-10(13)14-4/h9H,5-8H2,1-4H3. The van der Waals surface area contributed by atoms with E-state index in [9.17, 15) is 4.79 Å². The average molecular weight is 221 g/mol. The molecule has 0 saturated heterocycles. The number of ether oxygens (including phenoxy) is 1. The maximum Gasteiger partial charge on any atom is 0.305 e. The Bertz CT molecular complexity index is 173. The van der Waals surface area contributed by atoms with Gasteiger partial charge in [-0.3, -0.25) is 4.79 Å². The summed E-state index contributed by atoms with van der Waals surface area (Å²) in [4.78, 5) is 11.0. The maximum atomic E-state index is 11.0. The van der Waals surface area contributed by atoms with E-state index in [0.717, 1.165) is 12.8 Å². The highest BCUT2D eigenvalue weighted by Gasteiger charge is 2.24. The Hall–Kier alpha value is -0.240. The van der Waals surface area contributed by atoms with Crippen LogP contribution in [0.2, 0.25) is 0 Å². The lowest BCUT2D eigenvalue weighted by Gasteiger charge is -2.30. The number of methoxy groups -OCH3 is 1. The molecule has 0 aliphatic carbocycles. The molecule has 3 heteroatoms. The minimum Gasteiger partial charge on any atom is -0.469 e. The second-order valence-corrected chi connectivity index (χ2v) is 5.03. The molecule has 0 spiro atoms. The molecule has 0 fully saturated rings. The Morgan fingerprint density at radius 2 is 1.93 bits per heavy atom. The molecule has 0 N–H and O–H groups in total. The van der Waals surface area contributed by atoms with Gasteiger partial charge >= 0.3 is 5.97 Å². The molecule has 0 aromatic rings. The van der Waals surface area contributed by atoms with Crippen molar-refractivity contribution in [1.29, 1.82) is 0 Å². The molecule has 0 heterocycles. The summed E-state index contributed by atoms with van der Waals surface area (Å²) in [5.41, 5.74) is 0.211. The third-order valence-electron chi connectivity index (χ3n) is 2.61. The Balaban J connectivity index is 4.04. The van der Waals surface area contributed by atoms with Crippen molar-refractivity contribution in [3.05, 3.63) is 0 Å². The summed E-state index contributed by atoms with van der Waals surface area (Å²) < 4.78 is 4.62. The molecule has 0 aliphatic heterocycles. The average Bonchev–Trinajstić information content (AvgIpc) is 2.09. The van der Waals surface area contributed by atoms with E-state index in [2.05, 4.69) is 25.5 Å². The smallest absolute Gasteiger partial charge is 0.305 e. The van der Waals surface area contributed by atoms with Crippen molar-refractivity contribution < 1.29 is 9.53 Å². The summed E-state index contributed by atoms with van der Waals surface area (Å²) in [6.07, 6.45) is 2.32. The molecule has 0 saturated carbocycles. The van der Waals surface area contributed by atoms with Gasteiger partial charge in [-0.2, -0.15) is 0 Å². The molecular weight excluding hydrogens is 200 g/mol. The second-order valence-electron chi connectivity index (χ2n) is 4.66. The van der Waals surface area contributed by atoms with Gasteiger partial charge in [-0.25, -0.2) is 0 Å². The zero-order valence-electron chi connectivity index (χ0n) is 9.60. The van der Waals surface area contributed by atoms with Crippen molar-refractivity contribution in [1.82, 2.24) is 0 Å². The van der Waals surface area contributed by atoms with Crippen LogP contribution in [0.1, 0.15) is 40.0 Å². The van der Waals surface area contributed by atoms with Crippen molar-refractivity contribution in [2.45, 2.75) is 40.0 Å². The van der Waals surface area contributed by atoms with Gasteiger partial charge in [0.25, 0.3) is 0 Å². The third kappa shape index (κ3) is 5.48. The van der Waals surface area contributed by atoms with Gasteiger partial charge in [0.2, 0.25) is 0 Å². The molecule has 0 aromatic heterocycles. The Morgan fingerprint density at radius 1 is 1.36 bits per heavy atom. The van der Waals surface area contributed by atoms with Crippen molar-refractivity contribution in [2.75, 3.05) is 13.0 Å². The fraction of sp³-hybridized carbons (Fsp3) is 0.909. The molecule has 0 radical (unpaired) electrons. The van der Waals surface area contributed by atoms with Crippen LogP contribution in [0.3, 0.4) is 0 Å². The first-order valence-corrected chi connectivity index (χ1v) is 5.58. The Kier molecular flexibility index (Phi) is 6.17. The van der Waals surface area contributed by atoms with Crippen LogP contribution < -0.4 is 0 Å². The highest BCUT2D eigenvalue weighted by atomic mass is 35.5. The topological polar surface area (TPSA) is 26.3 Å². The van der Waals surface area contributed by atoms with E-state index in [1.54, 1.807) is 0 Å². The lowest BCUT2D eigenvalue weighted by Crippen LogP contribution is -2.22.